The van der Waals surface area contributed by atoms with E-state index < -0.39 is 0 Å². The average Bonchev–Trinajstić information content (AvgIpc) is 3.65. The first-order valence-electron chi connectivity index (χ1n) is 18.8. The minimum absolute atomic E-state index is 0.863. The van der Waals surface area contributed by atoms with Crippen LogP contribution < -0.4 is 0 Å². The van der Waals surface area contributed by atoms with Crippen LogP contribution in [0.1, 0.15) is 0 Å². The first-order chi connectivity index (χ1) is 27.3. The van der Waals surface area contributed by atoms with Gasteiger partial charge in [-0.1, -0.05) is 164 Å². The Bertz CT molecular complexity index is 3200. The monoisotopic (exact) mass is 699 g/mol. The van der Waals surface area contributed by atoms with Gasteiger partial charge in [0.25, 0.3) is 0 Å². The Morgan fingerprint density at radius 3 is 1.31 bits per heavy atom. The standard InChI is InChI=1S/C53H33NO/c1-4-16-34(17-5-1)37-30-46(36-20-8-3-9-21-36)52-48(32-37)49-33-38(35-18-6-2-7-19-35)31-47(53(49)55-52)42-25-12-14-26-43(42)50-29-28-45-41-24-11-10-22-39(41)40-23-13-15-27-44(40)51(45)54-50/h1-33H. The number of furan rings is 1. The highest BCUT2D eigenvalue weighted by molar-refractivity contribution is 6.24. The molecule has 2 nitrogen and oxygen atoms in total. The van der Waals surface area contributed by atoms with Crippen molar-refractivity contribution in [3.8, 4) is 55.8 Å². The molecule has 0 N–H and O–H groups in total. The van der Waals surface area contributed by atoms with E-state index in [9.17, 15) is 0 Å². The van der Waals surface area contributed by atoms with Crippen molar-refractivity contribution in [3.63, 3.8) is 0 Å². The zero-order valence-corrected chi connectivity index (χ0v) is 29.9. The van der Waals surface area contributed by atoms with Crippen molar-refractivity contribution in [2.45, 2.75) is 0 Å². The molecule has 2 heteroatoms. The molecule has 256 valence electrons. The van der Waals surface area contributed by atoms with Gasteiger partial charge in [-0.2, -0.15) is 0 Å². The molecule has 2 aromatic heterocycles. The number of pyridine rings is 1. The Hall–Kier alpha value is -7.29. The lowest BCUT2D eigenvalue weighted by Crippen LogP contribution is -1.92. The van der Waals surface area contributed by atoms with Crippen LogP contribution in [0.25, 0.3) is 110 Å². The molecule has 0 aliphatic carbocycles. The second kappa shape index (κ2) is 12.7. The summed E-state index contributed by atoms with van der Waals surface area (Å²) in [6.45, 7) is 0. The van der Waals surface area contributed by atoms with E-state index in [4.69, 9.17) is 9.40 Å². The van der Waals surface area contributed by atoms with Gasteiger partial charge >= 0.3 is 0 Å². The van der Waals surface area contributed by atoms with E-state index in [-0.39, 0.29) is 0 Å². The lowest BCUT2D eigenvalue weighted by Gasteiger charge is -2.14. The number of benzene rings is 9. The molecule has 9 aromatic carbocycles. The Balaban J connectivity index is 1.21. The molecule has 0 amide bonds. The summed E-state index contributed by atoms with van der Waals surface area (Å²) in [5.41, 5.74) is 13.7. The molecule has 11 aromatic rings. The summed E-state index contributed by atoms with van der Waals surface area (Å²) in [6, 6.07) is 71.4. The molecule has 0 saturated carbocycles. The van der Waals surface area contributed by atoms with Gasteiger partial charge in [0.05, 0.1) is 11.2 Å². The van der Waals surface area contributed by atoms with Crippen molar-refractivity contribution in [2.24, 2.45) is 0 Å². The first kappa shape index (κ1) is 31.3. The minimum Gasteiger partial charge on any atom is -0.455 e. The van der Waals surface area contributed by atoms with Gasteiger partial charge in [0.1, 0.15) is 11.2 Å². The maximum Gasteiger partial charge on any atom is 0.143 e. The quantitative estimate of drug-likeness (QED) is 0.167. The molecule has 0 unspecified atom stereocenters. The number of rotatable bonds is 5. The van der Waals surface area contributed by atoms with Crippen LogP contribution >= 0.6 is 0 Å². The molecule has 0 aliphatic heterocycles. The summed E-state index contributed by atoms with van der Waals surface area (Å²) < 4.78 is 7.15. The predicted octanol–water partition coefficient (Wildman–Crippen LogP) is 14.8. The second-order valence-electron chi connectivity index (χ2n) is 14.2. The van der Waals surface area contributed by atoms with Crippen LogP contribution in [-0.2, 0) is 0 Å². The fourth-order valence-electron chi connectivity index (χ4n) is 8.46. The lowest BCUT2D eigenvalue weighted by molar-refractivity contribution is 0.671. The van der Waals surface area contributed by atoms with Crippen molar-refractivity contribution in [3.05, 3.63) is 200 Å². The Kier molecular flexibility index (Phi) is 7.21. The van der Waals surface area contributed by atoms with Crippen molar-refractivity contribution >= 4 is 54.4 Å². The fourth-order valence-corrected chi connectivity index (χ4v) is 8.46. The van der Waals surface area contributed by atoms with Crippen molar-refractivity contribution < 1.29 is 4.42 Å². The molecule has 2 heterocycles. The summed E-state index contributed by atoms with van der Waals surface area (Å²) in [6.07, 6.45) is 0. The molecule has 0 radical (unpaired) electrons. The van der Waals surface area contributed by atoms with E-state index in [0.29, 0.717) is 0 Å². The normalized spacial score (nSPS) is 11.6. The van der Waals surface area contributed by atoms with Crippen LogP contribution in [0.5, 0.6) is 0 Å². The number of hydrogen-bond acceptors (Lipinski definition) is 2. The van der Waals surface area contributed by atoms with E-state index >= 15 is 0 Å². The third kappa shape index (κ3) is 5.15. The van der Waals surface area contributed by atoms with Crippen molar-refractivity contribution in [1.82, 2.24) is 4.98 Å². The van der Waals surface area contributed by atoms with Gasteiger partial charge in [-0.15, -0.1) is 0 Å². The molecule has 0 spiro atoms. The summed E-state index contributed by atoms with van der Waals surface area (Å²) in [7, 11) is 0. The van der Waals surface area contributed by atoms with Crippen LogP contribution in [0.4, 0.5) is 0 Å². The molecule has 0 fully saturated rings. The Labute approximate surface area is 318 Å². The Morgan fingerprint density at radius 2 is 0.709 bits per heavy atom. The number of nitrogens with zero attached hydrogens (tertiary/aromatic N) is 1. The molecular weight excluding hydrogens is 667 g/mol. The molecule has 0 saturated heterocycles. The topological polar surface area (TPSA) is 26.0 Å². The number of fused-ring (bicyclic) bond motifs is 9. The molecule has 0 aliphatic rings. The van der Waals surface area contributed by atoms with E-state index in [1.165, 1.54) is 21.7 Å². The largest absolute Gasteiger partial charge is 0.455 e. The van der Waals surface area contributed by atoms with Crippen LogP contribution in [0, 0.1) is 0 Å². The molecule has 55 heavy (non-hydrogen) atoms. The minimum atomic E-state index is 0.863. The van der Waals surface area contributed by atoms with Gasteiger partial charge < -0.3 is 4.42 Å². The van der Waals surface area contributed by atoms with E-state index in [0.717, 1.165) is 88.4 Å². The van der Waals surface area contributed by atoms with Crippen LogP contribution in [-0.4, -0.2) is 4.98 Å². The third-order valence-corrected chi connectivity index (χ3v) is 11.0. The van der Waals surface area contributed by atoms with Crippen LogP contribution in [0.15, 0.2) is 205 Å². The van der Waals surface area contributed by atoms with Gasteiger partial charge in [0, 0.05) is 38.2 Å². The summed E-state index contributed by atoms with van der Waals surface area (Å²) in [5, 5.41) is 8.16. The van der Waals surface area contributed by atoms with E-state index in [2.05, 4.69) is 200 Å². The molecule has 11 rings (SSSR count). The second-order valence-corrected chi connectivity index (χ2v) is 14.2. The highest BCUT2D eigenvalue weighted by atomic mass is 16.3. The Morgan fingerprint density at radius 1 is 0.273 bits per heavy atom. The lowest BCUT2D eigenvalue weighted by atomic mass is 9.91. The fraction of sp³-hybridized carbons (Fsp3) is 0. The first-order valence-corrected chi connectivity index (χ1v) is 18.8. The average molecular weight is 700 g/mol. The maximum absolute atomic E-state index is 7.15. The van der Waals surface area contributed by atoms with Crippen LogP contribution in [0.3, 0.4) is 0 Å². The summed E-state index contributed by atoms with van der Waals surface area (Å²) in [4.78, 5) is 5.48. The highest BCUT2D eigenvalue weighted by Crippen LogP contribution is 2.46. The van der Waals surface area contributed by atoms with Gasteiger partial charge in [-0.3, -0.25) is 0 Å². The summed E-state index contributed by atoms with van der Waals surface area (Å²) >= 11 is 0. The molecular formula is C53H33NO. The van der Waals surface area contributed by atoms with Gasteiger partial charge in [-0.05, 0) is 85.9 Å². The van der Waals surface area contributed by atoms with Crippen molar-refractivity contribution in [1.29, 1.82) is 0 Å². The highest BCUT2D eigenvalue weighted by Gasteiger charge is 2.22. The third-order valence-electron chi connectivity index (χ3n) is 11.0. The van der Waals surface area contributed by atoms with Crippen LogP contribution in [0.2, 0.25) is 0 Å². The predicted molar refractivity (Wildman–Crippen MR) is 231 cm³/mol. The number of aromatic nitrogens is 1. The zero-order chi connectivity index (χ0) is 36.3. The van der Waals surface area contributed by atoms with Gasteiger partial charge in [0.2, 0.25) is 0 Å². The zero-order valence-electron chi connectivity index (χ0n) is 29.9. The number of hydrogen-bond donors (Lipinski definition) is 0. The van der Waals surface area contributed by atoms with Crippen molar-refractivity contribution in [2.75, 3.05) is 0 Å². The molecule has 0 bridgehead atoms. The maximum atomic E-state index is 7.15. The SMILES string of the molecule is c1ccc(-c2cc(-c3ccccc3)c3oc4c(-c5ccccc5-c5ccc6c7ccccc7c7ccccc7c6n5)cc(-c5ccccc5)cc4c3c2)cc1. The van der Waals surface area contributed by atoms with Gasteiger partial charge in [0.15, 0.2) is 0 Å². The smallest absolute Gasteiger partial charge is 0.143 e. The summed E-state index contributed by atoms with van der Waals surface area (Å²) in [5.74, 6) is 0. The van der Waals surface area contributed by atoms with E-state index in [1.54, 1.807) is 0 Å². The van der Waals surface area contributed by atoms with Gasteiger partial charge in [-0.25, -0.2) is 4.98 Å². The molecule has 0 atom stereocenters. The van der Waals surface area contributed by atoms with E-state index in [1.807, 2.05) is 0 Å².